The Morgan fingerprint density at radius 1 is 1.00 bits per heavy atom. The van der Waals surface area contributed by atoms with Crippen LogP contribution in [0.4, 0.5) is 4.39 Å². The number of rotatable bonds is 4. The van der Waals surface area contributed by atoms with Gasteiger partial charge in [-0.1, -0.05) is 12.1 Å². The highest BCUT2D eigenvalue weighted by molar-refractivity contribution is 5.85. The molecule has 2 bridgehead atoms. The fraction of sp³-hybridized carbons (Fsp3) is 0.619. The third kappa shape index (κ3) is 3.72. The molecule has 5 nitrogen and oxygen atoms in total. The fourth-order valence-electron chi connectivity index (χ4n) is 5.47. The summed E-state index contributed by atoms with van der Waals surface area (Å²) >= 11 is 0. The van der Waals surface area contributed by atoms with Crippen LogP contribution in [0.1, 0.15) is 31.2 Å². The Kier molecular flexibility index (Phi) is 5.17. The van der Waals surface area contributed by atoms with Crippen molar-refractivity contribution in [3.8, 4) is 0 Å². The van der Waals surface area contributed by atoms with Crippen molar-refractivity contribution in [2.75, 3.05) is 26.2 Å². The number of carbonyl (C=O) groups excluding carboxylic acids is 2. The summed E-state index contributed by atoms with van der Waals surface area (Å²) in [6, 6.07) is 6.58. The molecule has 0 spiro atoms. The fourth-order valence-corrected chi connectivity index (χ4v) is 5.47. The molecule has 4 fully saturated rings. The lowest BCUT2D eigenvalue weighted by molar-refractivity contribution is -0.917. The lowest BCUT2D eigenvalue weighted by atomic mass is 9.58. The van der Waals surface area contributed by atoms with E-state index in [4.69, 9.17) is 0 Å². The van der Waals surface area contributed by atoms with E-state index in [0.717, 1.165) is 50.9 Å². The van der Waals surface area contributed by atoms with E-state index in [1.165, 1.54) is 17.0 Å². The summed E-state index contributed by atoms with van der Waals surface area (Å²) in [7, 11) is 0. The number of carboxylic acid groups (broad SMARTS) is 1. The molecule has 6 heteroatoms. The molecule has 3 aliphatic carbocycles. The Morgan fingerprint density at radius 2 is 1.56 bits per heavy atom. The van der Waals surface area contributed by atoms with Gasteiger partial charge in [-0.3, -0.25) is 4.79 Å². The van der Waals surface area contributed by atoms with Gasteiger partial charge in [0, 0.05) is 23.4 Å². The van der Waals surface area contributed by atoms with E-state index < -0.39 is 11.9 Å². The number of fused-ring (bicyclic) bond motifs is 3. The van der Waals surface area contributed by atoms with Crippen molar-refractivity contribution >= 4 is 11.9 Å². The number of benzene rings is 1. The van der Waals surface area contributed by atoms with Gasteiger partial charge in [-0.05, 0) is 49.7 Å². The number of nitrogens with zero attached hydrogens (tertiary/aromatic N) is 1. The normalized spacial score (nSPS) is 31.1. The van der Waals surface area contributed by atoms with Gasteiger partial charge in [-0.2, -0.15) is 0 Å². The van der Waals surface area contributed by atoms with Gasteiger partial charge in [0.05, 0.1) is 26.2 Å². The molecule has 146 valence electrons. The third-order valence-corrected chi connectivity index (χ3v) is 6.93. The van der Waals surface area contributed by atoms with Crippen molar-refractivity contribution in [2.45, 2.75) is 32.2 Å². The van der Waals surface area contributed by atoms with E-state index in [-0.39, 0.29) is 29.5 Å². The lowest BCUT2D eigenvalue weighted by Crippen LogP contribution is -3.13. The molecule has 1 N–H and O–H groups in total. The molecule has 0 radical (unpaired) electrons. The molecule has 1 aromatic carbocycles. The van der Waals surface area contributed by atoms with Crippen LogP contribution in [-0.2, 0) is 16.1 Å². The van der Waals surface area contributed by atoms with E-state index in [0.29, 0.717) is 13.1 Å². The van der Waals surface area contributed by atoms with E-state index in [1.54, 1.807) is 0 Å². The maximum Gasteiger partial charge on any atom is 0.227 e. The number of hydrogen-bond donors (Lipinski definition) is 1. The predicted molar refractivity (Wildman–Crippen MR) is 94.8 cm³/mol. The smallest absolute Gasteiger partial charge is 0.227 e. The molecule has 1 heterocycles. The summed E-state index contributed by atoms with van der Waals surface area (Å²) < 4.78 is 13.0. The number of nitrogens with one attached hydrogen (secondary N) is 1. The second-order valence-corrected chi connectivity index (χ2v) is 8.42. The van der Waals surface area contributed by atoms with E-state index >= 15 is 0 Å². The second-order valence-electron chi connectivity index (χ2n) is 8.42. The third-order valence-electron chi connectivity index (χ3n) is 6.93. The van der Waals surface area contributed by atoms with Crippen LogP contribution < -0.4 is 10.0 Å². The van der Waals surface area contributed by atoms with Crippen molar-refractivity contribution in [2.24, 2.45) is 23.7 Å². The molecular weight excluding hydrogens is 347 g/mol. The quantitative estimate of drug-likeness (QED) is 0.798. The maximum atomic E-state index is 13.1. The van der Waals surface area contributed by atoms with Gasteiger partial charge >= 0.3 is 0 Å². The highest BCUT2D eigenvalue weighted by atomic mass is 19.1. The number of piperazine rings is 1. The van der Waals surface area contributed by atoms with Crippen LogP contribution in [0.15, 0.2) is 24.3 Å². The van der Waals surface area contributed by atoms with E-state index in [9.17, 15) is 19.1 Å². The Labute approximate surface area is 159 Å². The molecule has 1 amide bonds. The Morgan fingerprint density at radius 3 is 2.11 bits per heavy atom. The minimum Gasteiger partial charge on any atom is -0.550 e. The largest absolute Gasteiger partial charge is 0.550 e. The molecular formula is C21H27FN2O3. The molecule has 27 heavy (non-hydrogen) atoms. The zero-order valence-electron chi connectivity index (χ0n) is 15.5. The number of carboxylic acids is 1. The lowest BCUT2D eigenvalue weighted by Gasteiger charge is -2.49. The predicted octanol–water partition coefficient (Wildman–Crippen LogP) is -0.145. The molecule has 1 aliphatic heterocycles. The van der Waals surface area contributed by atoms with Gasteiger partial charge in [0.15, 0.2) is 0 Å². The average molecular weight is 374 g/mol. The number of halogens is 1. The Bertz CT molecular complexity index is 692. The second kappa shape index (κ2) is 7.58. The van der Waals surface area contributed by atoms with Gasteiger partial charge in [0.25, 0.3) is 0 Å². The summed E-state index contributed by atoms with van der Waals surface area (Å²) in [4.78, 5) is 28.1. The minimum absolute atomic E-state index is 0.0273. The summed E-state index contributed by atoms with van der Waals surface area (Å²) in [5, 5.41) is 11.7. The number of amides is 1. The van der Waals surface area contributed by atoms with Crippen LogP contribution in [0, 0.1) is 29.5 Å². The monoisotopic (exact) mass is 374 g/mol. The maximum absolute atomic E-state index is 13.1. The zero-order valence-corrected chi connectivity index (χ0v) is 15.5. The molecule has 1 saturated heterocycles. The SMILES string of the molecule is O=C([O-])[C@@H]1C2CCC(CC2)[C@@H]1C(=O)N1CC[NH+](Cc2ccc(F)cc2)CC1. The molecule has 5 rings (SSSR count). The summed E-state index contributed by atoms with van der Waals surface area (Å²) in [6.45, 7) is 3.80. The minimum atomic E-state index is -1.04. The van der Waals surface area contributed by atoms with Crippen molar-refractivity contribution < 1.29 is 24.0 Å². The van der Waals surface area contributed by atoms with Gasteiger partial charge in [0.1, 0.15) is 12.4 Å². The molecule has 4 aliphatic rings. The number of aliphatic carboxylic acids is 1. The van der Waals surface area contributed by atoms with Crippen molar-refractivity contribution in [1.29, 1.82) is 0 Å². The molecule has 0 aromatic heterocycles. The Hall–Kier alpha value is -1.95. The van der Waals surface area contributed by atoms with Gasteiger partial charge < -0.3 is 19.7 Å². The van der Waals surface area contributed by atoms with Gasteiger partial charge in [-0.15, -0.1) is 0 Å². The molecule has 2 atom stereocenters. The van der Waals surface area contributed by atoms with E-state index in [1.807, 2.05) is 17.0 Å². The zero-order chi connectivity index (χ0) is 19.0. The number of hydrogen-bond acceptors (Lipinski definition) is 3. The van der Waals surface area contributed by atoms with Crippen LogP contribution in [0.5, 0.6) is 0 Å². The first-order valence-corrected chi connectivity index (χ1v) is 10.1. The molecule has 0 unspecified atom stereocenters. The van der Waals surface area contributed by atoms with Crippen molar-refractivity contribution in [3.05, 3.63) is 35.6 Å². The van der Waals surface area contributed by atoms with E-state index in [2.05, 4.69) is 0 Å². The average Bonchev–Trinajstić information content (AvgIpc) is 2.70. The Balaban J connectivity index is 1.36. The van der Waals surface area contributed by atoms with Crippen LogP contribution in [0.3, 0.4) is 0 Å². The van der Waals surface area contributed by atoms with Crippen molar-refractivity contribution in [1.82, 2.24) is 4.90 Å². The molecule has 1 aromatic rings. The molecule has 3 saturated carbocycles. The number of carbonyl (C=O) groups is 2. The van der Waals surface area contributed by atoms with Gasteiger partial charge in [0.2, 0.25) is 5.91 Å². The van der Waals surface area contributed by atoms with Crippen LogP contribution in [0.25, 0.3) is 0 Å². The highest BCUT2D eigenvalue weighted by Crippen LogP contribution is 2.49. The van der Waals surface area contributed by atoms with Crippen LogP contribution >= 0.6 is 0 Å². The summed E-state index contributed by atoms with van der Waals surface area (Å²) in [5.41, 5.74) is 1.09. The van der Waals surface area contributed by atoms with Crippen molar-refractivity contribution in [3.63, 3.8) is 0 Å². The standard InChI is InChI=1S/C21H27FN2O3/c22-17-7-1-14(2-8-17)13-23-9-11-24(12-10-23)20(25)18-15-3-5-16(6-4-15)19(18)21(26)27/h1-2,7-8,15-16,18-19H,3-6,9-13H2,(H,26,27)/t15?,16?,18-,19+/m0/s1. The van der Waals surface area contributed by atoms with Gasteiger partial charge in [-0.25, -0.2) is 4.39 Å². The number of quaternary nitrogens is 1. The van der Waals surface area contributed by atoms with Crippen LogP contribution in [0.2, 0.25) is 0 Å². The summed E-state index contributed by atoms with van der Waals surface area (Å²) in [5.74, 6) is -1.92. The summed E-state index contributed by atoms with van der Waals surface area (Å²) in [6.07, 6.45) is 3.78. The first-order valence-electron chi connectivity index (χ1n) is 10.1. The van der Waals surface area contributed by atoms with Crippen LogP contribution in [-0.4, -0.2) is 43.0 Å². The first-order chi connectivity index (χ1) is 13.0. The topological polar surface area (TPSA) is 64.9 Å². The highest BCUT2D eigenvalue weighted by Gasteiger charge is 2.49. The first kappa shape index (κ1) is 18.4.